The van der Waals surface area contributed by atoms with Crippen molar-refractivity contribution in [3.05, 3.63) is 0 Å². The lowest BCUT2D eigenvalue weighted by atomic mass is 9.90. The van der Waals surface area contributed by atoms with Gasteiger partial charge in [0.05, 0.1) is 26.2 Å². The molecule has 3 N–H and O–H groups in total. The average Bonchev–Trinajstić information content (AvgIpc) is 3.00. The molecule has 0 aromatic carbocycles. The lowest BCUT2D eigenvalue weighted by Crippen LogP contribution is -2.51. The Bertz CT molecular complexity index is 1250. The van der Waals surface area contributed by atoms with Gasteiger partial charge in [-0.2, -0.15) is 0 Å². The first kappa shape index (κ1) is 49.3. The number of amides is 3. The number of carbonyl (C=O) groups is 7. The van der Waals surface area contributed by atoms with Crippen LogP contribution in [0.2, 0.25) is 0 Å². The molecule has 1 fully saturated rings. The number of nitrogens with one attached hydrogen (secondary N) is 3. The molecule has 0 unspecified atom stereocenters. The fraction of sp³-hybridized carbons (Fsp3) is 0.816. The van der Waals surface area contributed by atoms with E-state index in [1.807, 2.05) is 40.4 Å². The molecule has 0 atom stereocenters. The second kappa shape index (κ2) is 22.2. The Morgan fingerprint density at radius 1 is 0.400 bits per heavy atom. The number of carbonyl (C=O) groups excluding carboxylic acids is 7. The van der Waals surface area contributed by atoms with Crippen LogP contribution in [-0.2, 0) is 47.8 Å². The highest BCUT2D eigenvalue weighted by Gasteiger charge is 2.27. The summed E-state index contributed by atoms with van der Waals surface area (Å²) in [6.07, 6.45) is 0. The summed E-state index contributed by atoms with van der Waals surface area (Å²) in [5.41, 5.74) is -2.69. The van der Waals surface area contributed by atoms with Gasteiger partial charge in [0.25, 0.3) is 0 Å². The maximum Gasteiger partial charge on any atom is 0.325 e. The molecule has 17 nitrogen and oxygen atoms in total. The molecular weight excluding hydrogens is 714 g/mol. The van der Waals surface area contributed by atoms with Crippen LogP contribution >= 0.6 is 0 Å². The number of hydrogen-bond acceptors (Lipinski definition) is 14. The maximum atomic E-state index is 13.2. The van der Waals surface area contributed by atoms with Gasteiger partial charge in [-0.15, -0.1) is 0 Å². The summed E-state index contributed by atoms with van der Waals surface area (Å²) < 4.78 is 15.9. The minimum absolute atomic E-state index is 0.0338. The first-order valence-electron chi connectivity index (χ1n) is 19.0. The summed E-state index contributed by atoms with van der Waals surface area (Å²) in [4.78, 5) is 96.7. The molecule has 0 radical (unpaired) electrons. The van der Waals surface area contributed by atoms with E-state index in [2.05, 4.69) is 16.0 Å². The van der Waals surface area contributed by atoms with E-state index in [0.29, 0.717) is 52.4 Å². The minimum atomic E-state index is -0.709. The summed E-state index contributed by atoms with van der Waals surface area (Å²) in [6.45, 7) is 23.2. The number of hydrogen-bond donors (Lipinski definition) is 3. The van der Waals surface area contributed by atoms with Crippen molar-refractivity contribution in [2.75, 3.05) is 98.2 Å². The summed E-state index contributed by atoms with van der Waals surface area (Å²) >= 11 is 0. The zero-order valence-corrected chi connectivity index (χ0v) is 35.5. The van der Waals surface area contributed by atoms with Crippen molar-refractivity contribution >= 4 is 41.4 Å². The highest BCUT2D eigenvalue weighted by Crippen LogP contribution is 2.15. The number of ether oxygens (including phenoxy) is 3. The lowest BCUT2D eigenvalue weighted by molar-refractivity contribution is -0.155. The molecule has 55 heavy (non-hydrogen) atoms. The van der Waals surface area contributed by atoms with Crippen molar-refractivity contribution in [2.24, 2.45) is 5.41 Å². The van der Waals surface area contributed by atoms with Crippen LogP contribution in [0.15, 0.2) is 0 Å². The van der Waals surface area contributed by atoms with Crippen molar-refractivity contribution in [1.82, 2.24) is 35.6 Å². The van der Waals surface area contributed by atoms with E-state index in [9.17, 15) is 33.6 Å². The normalized spacial score (nSPS) is 16.5. The molecule has 316 valence electrons. The predicted octanol–water partition coefficient (Wildman–Crippen LogP) is 0.197. The number of esters is 3. The molecule has 3 amide bonds. The molecule has 17 heteroatoms. The van der Waals surface area contributed by atoms with Crippen molar-refractivity contribution in [2.45, 2.75) is 99.9 Å². The fourth-order valence-corrected chi connectivity index (χ4v) is 5.07. The Kier molecular flexibility index (Phi) is 19.9. The standard InChI is InChI=1S/C38H69N7O10/c1-35(2,3)28(46)24-42-13-15-43(25-29(47)39-21-32(50)53-36(4,5)6)17-19-45(27-31(49)41-23-34(52)55-38(10,11)12)20-18-44(16-14-42)26-30(48)40-22-33(51)54-37(7,8)9/h13-27H2,1-12H3,(H,39,47)(H,40,48)(H,41,49). The van der Waals surface area contributed by atoms with Gasteiger partial charge in [0.15, 0.2) is 5.78 Å². The van der Waals surface area contributed by atoms with Crippen molar-refractivity contribution in [3.8, 4) is 0 Å². The second-order valence-electron chi connectivity index (χ2n) is 17.9. The number of rotatable bonds is 14. The molecule has 0 saturated carbocycles. The average molecular weight is 784 g/mol. The van der Waals surface area contributed by atoms with E-state index < -0.39 is 46.0 Å². The topological polar surface area (TPSA) is 196 Å². The van der Waals surface area contributed by atoms with Crippen LogP contribution in [0.4, 0.5) is 0 Å². The van der Waals surface area contributed by atoms with Crippen LogP contribution < -0.4 is 16.0 Å². The quantitative estimate of drug-likeness (QED) is 0.160. The van der Waals surface area contributed by atoms with Crippen LogP contribution in [0.3, 0.4) is 0 Å². The van der Waals surface area contributed by atoms with Gasteiger partial charge >= 0.3 is 17.9 Å². The van der Waals surface area contributed by atoms with E-state index >= 15 is 0 Å². The molecule has 1 saturated heterocycles. The van der Waals surface area contributed by atoms with Gasteiger partial charge in [0.1, 0.15) is 36.4 Å². The van der Waals surface area contributed by atoms with Crippen LogP contribution in [-0.4, -0.2) is 176 Å². The van der Waals surface area contributed by atoms with Gasteiger partial charge in [-0.1, -0.05) is 20.8 Å². The molecule has 1 aliphatic heterocycles. The molecule has 1 aliphatic rings. The smallest absolute Gasteiger partial charge is 0.325 e. The van der Waals surface area contributed by atoms with Gasteiger partial charge < -0.3 is 30.2 Å². The second-order valence-corrected chi connectivity index (χ2v) is 17.9. The molecule has 0 spiro atoms. The molecular formula is C38H69N7O10. The van der Waals surface area contributed by atoms with Crippen molar-refractivity contribution < 1.29 is 47.8 Å². The lowest BCUT2D eigenvalue weighted by Gasteiger charge is -2.34. The van der Waals surface area contributed by atoms with Gasteiger partial charge in [-0.3, -0.25) is 53.2 Å². The van der Waals surface area contributed by atoms with E-state index in [1.54, 1.807) is 62.3 Å². The molecule has 0 bridgehead atoms. The van der Waals surface area contributed by atoms with Crippen LogP contribution in [0.1, 0.15) is 83.1 Å². The van der Waals surface area contributed by atoms with Gasteiger partial charge in [0.2, 0.25) is 17.7 Å². The number of ketones is 1. The summed E-state index contributed by atoms with van der Waals surface area (Å²) in [6, 6.07) is 0. The third-order valence-electron chi connectivity index (χ3n) is 7.78. The monoisotopic (exact) mass is 784 g/mol. The molecule has 0 aliphatic carbocycles. The van der Waals surface area contributed by atoms with Crippen LogP contribution in [0, 0.1) is 5.41 Å². The fourth-order valence-electron chi connectivity index (χ4n) is 5.07. The zero-order chi connectivity index (χ0) is 42.2. The van der Waals surface area contributed by atoms with E-state index in [-0.39, 0.29) is 63.4 Å². The van der Waals surface area contributed by atoms with E-state index in [4.69, 9.17) is 14.2 Å². The van der Waals surface area contributed by atoms with Crippen LogP contribution in [0.25, 0.3) is 0 Å². The maximum absolute atomic E-state index is 13.2. The Labute approximate surface area is 327 Å². The molecule has 1 rings (SSSR count). The minimum Gasteiger partial charge on any atom is -0.459 e. The third-order valence-corrected chi connectivity index (χ3v) is 7.78. The first-order chi connectivity index (χ1) is 25.1. The number of nitrogens with zero attached hydrogens (tertiary/aromatic N) is 4. The van der Waals surface area contributed by atoms with E-state index in [1.165, 1.54) is 0 Å². The number of Topliss-reactive ketones (excluding diaryl/α,β-unsaturated/α-hetero) is 1. The molecule has 1 heterocycles. The predicted molar refractivity (Wildman–Crippen MR) is 207 cm³/mol. The van der Waals surface area contributed by atoms with Gasteiger partial charge in [-0.05, 0) is 62.3 Å². The van der Waals surface area contributed by atoms with Crippen molar-refractivity contribution in [3.63, 3.8) is 0 Å². The van der Waals surface area contributed by atoms with Crippen LogP contribution in [0.5, 0.6) is 0 Å². The summed E-state index contributed by atoms with van der Waals surface area (Å²) in [5.74, 6) is -2.85. The first-order valence-corrected chi connectivity index (χ1v) is 19.0. The van der Waals surface area contributed by atoms with Gasteiger partial charge in [0, 0.05) is 57.8 Å². The largest absolute Gasteiger partial charge is 0.459 e. The Morgan fingerprint density at radius 2 is 0.618 bits per heavy atom. The Morgan fingerprint density at radius 3 is 0.818 bits per heavy atom. The Hall–Kier alpha value is -3.67. The molecule has 0 aromatic heterocycles. The van der Waals surface area contributed by atoms with E-state index in [0.717, 1.165) is 0 Å². The third kappa shape index (κ3) is 25.2. The Balaban J connectivity index is 3.24. The zero-order valence-electron chi connectivity index (χ0n) is 35.5. The molecule has 0 aromatic rings. The van der Waals surface area contributed by atoms with Crippen molar-refractivity contribution in [1.29, 1.82) is 0 Å². The SMILES string of the molecule is CC(C)(C)OC(=O)CNC(=O)CN1CCN(CC(=O)NCC(=O)OC(C)(C)C)CCN(CC(=O)C(C)(C)C)CCN(CC(=O)NCC(=O)OC(C)(C)C)CC1. The summed E-state index contributed by atoms with van der Waals surface area (Å²) in [7, 11) is 0. The highest BCUT2D eigenvalue weighted by molar-refractivity contribution is 5.86. The summed E-state index contributed by atoms with van der Waals surface area (Å²) in [5, 5.41) is 7.86. The highest BCUT2D eigenvalue weighted by atomic mass is 16.6. The van der Waals surface area contributed by atoms with Gasteiger partial charge in [-0.25, -0.2) is 0 Å².